The summed E-state index contributed by atoms with van der Waals surface area (Å²) in [4.78, 5) is 38.9. The van der Waals surface area contributed by atoms with Crippen LogP contribution >= 0.6 is 0 Å². The molecule has 0 aliphatic heterocycles. The van der Waals surface area contributed by atoms with Crippen molar-refractivity contribution in [3.8, 4) is 5.75 Å². The molecule has 3 atom stereocenters. The van der Waals surface area contributed by atoms with E-state index < -0.39 is 29.9 Å². The first-order chi connectivity index (χ1) is 17.2. The topological polar surface area (TPSA) is 134 Å². The van der Waals surface area contributed by atoms with E-state index >= 15 is 0 Å². The van der Waals surface area contributed by atoms with Crippen LogP contribution in [-0.4, -0.2) is 47.5 Å². The standard InChI is InChI=1S/C28H40N4O4/c1-4-5-11-23(26(34)30-17-16-20-9-7-6-8-10-20)31-27(35)24(32-28(36)25(29)19(2)3)18-21-12-14-22(33)15-13-21/h6-10,12-15,19,23-25,33H,4-5,11,16-18,29H2,1-3H3,(H,30,34)(H,31,35)(H,32,36)/t23-,24-,25-/m0/s1. The Bertz CT molecular complexity index is 963. The van der Waals surface area contributed by atoms with Crippen molar-refractivity contribution in [2.45, 2.75) is 71.0 Å². The third-order valence-electron chi connectivity index (χ3n) is 6.07. The molecule has 0 aliphatic carbocycles. The smallest absolute Gasteiger partial charge is 0.243 e. The normalized spacial score (nSPS) is 13.5. The fourth-order valence-corrected chi connectivity index (χ4v) is 3.69. The van der Waals surface area contributed by atoms with Gasteiger partial charge in [-0.05, 0) is 42.0 Å². The number of nitrogens with one attached hydrogen (secondary N) is 3. The summed E-state index contributed by atoms with van der Waals surface area (Å²) >= 11 is 0. The van der Waals surface area contributed by atoms with Gasteiger partial charge in [0.2, 0.25) is 17.7 Å². The van der Waals surface area contributed by atoms with Crippen molar-refractivity contribution in [3.05, 3.63) is 65.7 Å². The summed E-state index contributed by atoms with van der Waals surface area (Å²) in [5.74, 6) is -1.12. The number of hydrogen-bond acceptors (Lipinski definition) is 5. The molecule has 36 heavy (non-hydrogen) atoms. The molecular formula is C28H40N4O4. The third kappa shape index (κ3) is 9.70. The highest BCUT2D eigenvalue weighted by Gasteiger charge is 2.28. The average molecular weight is 497 g/mol. The minimum atomic E-state index is -0.923. The van der Waals surface area contributed by atoms with Gasteiger partial charge in [-0.3, -0.25) is 14.4 Å². The zero-order chi connectivity index (χ0) is 26.5. The molecule has 0 heterocycles. The van der Waals surface area contributed by atoms with E-state index in [2.05, 4.69) is 16.0 Å². The Morgan fingerprint density at radius 2 is 1.50 bits per heavy atom. The Morgan fingerprint density at radius 3 is 2.11 bits per heavy atom. The molecule has 0 bridgehead atoms. The first-order valence-electron chi connectivity index (χ1n) is 12.7. The molecule has 0 unspecified atom stereocenters. The predicted molar refractivity (Wildman–Crippen MR) is 141 cm³/mol. The number of rotatable bonds is 14. The van der Waals surface area contributed by atoms with Crippen LogP contribution in [0.2, 0.25) is 0 Å². The number of amides is 3. The number of carbonyl (C=O) groups excluding carboxylic acids is 3. The van der Waals surface area contributed by atoms with Gasteiger partial charge in [0.15, 0.2) is 0 Å². The number of carbonyl (C=O) groups is 3. The minimum Gasteiger partial charge on any atom is -0.508 e. The first-order valence-corrected chi connectivity index (χ1v) is 12.7. The van der Waals surface area contributed by atoms with Crippen molar-refractivity contribution >= 4 is 17.7 Å². The molecule has 0 radical (unpaired) electrons. The molecule has 2 aromatic rings. The number of hydrogen-bond donors (Lipinski definition) is 5. The zero-order valence-corrected chi connectivity index (χ0v) is 21.5. The van der Waals surface area contributed by atoms with Crippen molar-refractivity contribution in [1.82, 2.24) is 16.0 Å². The van der Waals surface area contributed by atoms with Crippen LogP contribution in [0.1, 0.15) is 51.2 Å². The van der Waals surface area contributed by atoms with Gasteiger partial charge >= 0.3 is 0 Å². The highest BCUT2D eigenvalue weighted by molar-refractivity contribution is 5.93. The van der Waals surface area contributed by atoms with E-state index in [0.717, 1.165) is 24.0 Å². The lowest BCUT2D eigenvalue weighted by Crippen LogP contribution is -2.57. The monoisotopic (exact) mass is 496 g/mol. The van der Waals surface area contributed by atoms with Gasteiger partial charge in [0.25, 0.3) is 0 Å². The van der Waals surface area contributed by atoms with Crippen molar-refractivity contribution in [2.24, 2.45) is 11.7 Å². The van der Waals surface area contributed by atoms with Crippen molar-refractivity contribution < 1.29 is 19.5 Å². The van der Waals surface area contributed by atoms with E-state index in [-0.39, 0.29) is 24.0 Å². The van der Waals surface area contributed by atoms with Crippen molar-refractivity contribution in [2.75, 3.05) is 6.54 Å². The third-order valence-corrected chi connectivity index (χ3v) is 6.07. The Hall–Kier alpha value is -3.39. The largest absolute Gasteiger partial charge is 0.508 e. The fourth-order valence-electron chi connectivity index (χ4n) is 3.69. The number of unbranched alkanes of at least 4 members (excludes halogenated alkanes) is 1. The molecule has 2 rings (SSSR count). The molecule has 0 spiro atoms. The SMILES string of the molecule is CCCC[C@H](NC(=O)[C@H](Cc1ccc(O)cc1)NC(=O)[C@@H](N)C(C)C)C(=O)NCCc1ccccc1. The summed E-state index contributed by atoms with van der Waals surface area (Å²) in [6.07, 6.45) is 3.02. The molecule has 8 heteroatoms. The molecule has 0 aromatic heterocycles. The summed E-state index contributed by atoms with van der Waals surface area (Å²) in [6, 6.07) is 13.9. The van der Waals surface area contributed by atoms with Crippen molar-refractivity contribution in [3.63, 3.8) is 0 Å². The van der Waals surface area contributed by atoms with E-state index in [0.29, 0.717) is 19.4 Å². The van der Waals surface area contributed by atoms with Gasteiger partial charge in [-0.25, -0.2) is 0 Å². The minimum absolute atomic E-state index is 0.102. The fraction of sp³-hybridized carbons (Fsp3) is 0.464. The lowest BCUT2D eigenvalue weighted by Gasteiger charge is -2.25. The Kier molecular flexibility index (Phi) is 11.9. The number of aromatic hydroxyl groups is 1. The maximum atomic E-state index is 13.3. The average Bonchev–Trinajstić information content (AvgIpc) is 2.87. The predicted octanol–water partition coefficient (Wildman–Crippen LogP) is 2.44. The molecule has 0 saturated heterocycles. The van der Waals surface area contributed by atoms with E-state index in [1.165, 1.54) is 12.1 Å². The highest BCUT2D eigenvalue weighted by atomic mass is 16.3. The van der Waals surface area contributed by atoms with Crippen LogP contribution in [0, 0.1) is 5.92 Å². The molecule has 3 amide bonds. The van der Waals surface area contributed by atoms with Gasteiger partial charge in [-0.2, -0.15) is 0 Å². The quantitative estimate of drug-likeness (QED) is 0.274. The van der Waals surface area contributed by atoms with Crippen LogP contribution in [0.25, 0.3) is 0 Å². The van der Waals surface area contributed by atoms with Gasteiger partial charge < -0.3 is 26.8 Å². The van der Waals surface area contributed by atoms with E-state index in [4.69, 9.17) is 5.73 Å². The van der Waals surface area contributed by atoms with E-state index in [1.807, 2.05) is 51.1 Å². The summed E-state index contributed by atoms with van der Waals surface area (Å²) in [7, 11) is 0. The van der Waals surface area contributed by atoms with Gasteiger partial charge in [-0.1, -0.05) is 76.1 Å². The Labute approximate surface area is 214 Å². The number of nitrogens with two attached hydrogens (primary N) is 1. The number of benzene rings is 2. The second kappa shape index (κ2) is 14.9. The van der Waals surface area contributed by atoms with Gasteiger partial charge in [0.05, 0.1) is 6.04 Å². The highest BCUT2D eigenvalue weighted by Crippen LogP contribution is 2.12. The molecule has 0 saturated carbocycles. The Balaban J connectivity index is 2.10. The molecule has 0 fully saturated rings. The van der Waals surface area contributed by atoms with E-state index in [9.17, 15) is 19.5 Å². The number of phenols is 1. The molecule has 196 valence electrons. The molecular weight excluding hydrogens is 456 g/mol. The second-order valence-electron chi connectivity index (χ2n) is 9.43. The number of phenolic OH excluding ortho intramolecular Hbond substituents is 1. The molecule has 6 N–H and O–H groups in total. The summed E-state index contributed by atoms with van der Waals surface area (Å²) in [5.41, 5.74) is 7.87. The second-order valence-corrected chi connectivity index (χ2v) is 9.43. The van der Waals surface area contributed by atoms with Crippen molar-refractivity contribution in [1.29, 1.82) is 0 Å². The maximum Gasteiger partial charge on any atom is 0.243 e. The summed E-state index contributed by atoms with van der Waals surface area (Å²) < 4.78 is 0. The maximum absolute atomic E-state index is 13.3. The van der Waals surface area contributed by atoms with E-state index in [1.54, 1.807) is 12.1 Å². The summed E-state index contributed by atoms with van der Waals surface area (Å²) in [5, 5.41) is 18.1. The van der Waals surface area contributed by atoms with Gasteiger partial charge in [0, 0.05) is 13.0 Å². The van der Waals surface area contributed by atoms with Gasteiger partial charge in [-0.15, -0.1) is 0 Å². The van der Waals surface area contributed by atoms with Crippen LogP contribution in [-0.2, 0) is 27.2 Å². The van der Waals surface area contributed by atoms with Crippen LogP contribution < -0.4 is 21.7 Å². The van der Waals surface area contributed by atoms with Crippen LogP contribution in [0.15, 0.2) is 54.6 Å². The van der Waals surface area contributed by atoms with Crippen LogP contribution in [0.5, 0.6) is 5.75 Å². The zero-order valence-electron chi connectivity index (χ0n) is 21.5. The lowest BCUT2D eigenvalue weighted by atomic mass is 10.0. The van der Waals surface area contributed by atoms with Gasteiger partial charge in [0.1, 0.15) is 17.8 Å². The molecule has 8 nitrogen and oxygen atoms in total. The van der Waals surface area contributed by atoms with Crippen LogP contribution in [0.4, 0.5) is 0 Å². The summed E-state index contributed by atoms with van der Waals surface area (Å²) in [6.45, 7) is 6.14. The molecule has 0 aliphatic rings. The van der Waals surface area contributed by atoms with Crippen LogP contribution in [0.3, 0.4) is 0 Å². The Morgan fingerprint density at radius 1 is 0.861 bits per heavy atom. The lowest BCUT2D eigenvalue weighted by molar-refractivity contribution is -0.132. The first kappa shape index (κ1) is 28.8. The molecule has 2 aromatic carbocycles.